The number of hydrogen-bond donors (Lipinski definition) is 2. The first kappa shape index (κ1) is 26.1. The van der Waals surface area contributed by atoms with Gasteiger partial charge in [-0.15, -0.1) is 0 Å². The molecule has 0 saturated heterocycles. The van der Waals surface area contributed by atoms with Crippen LogP contribution in [0, 0.1) is 15.9 Å². The predicted octanol–water partition coefficient (Wildman–Crippen LogP) is 3.33. The van der Waals surface area contributed by atoms with E-state index in [1.54, 1.807) is 26.0 Å². The SMILES string of the molecule is CCOP(=O)(Cc1ccc(C(=O)N[C@@H](Cc2ccc(F)c([N+](=O)[O-])c2)C(N)=O)cc1)OCC. The van der Waals surface area contributed by atoms with Gasteiger partial charge in [0.2, 0.25) is 11.7 Å². The molecule has 0 aliphatic carbocycles. The molecule has 0 heterocycles. The maximum absolute atomic E-state index is 13.5. The van der Waals surface area contributed by atoms with Crippen LogP contribution in [0.5, 0.6) is 0 Å². The Morgan fingerprint density at radius 3 is 2.21 bits per heavy atom. The summed E-state index contributed by atoms with van der Waals surface area (Å²) >= 11 is 0. The van der Waals surface area contributed by atoms with Gasteiger partial charge in [-0.3, -0.25) is 24.3 Å². The average Bonchev–Trinajstić information content (AvgIpc) is 2.74. The van der Waals surface area contributed by atoms with Gasteiger partial charge in [0.15, 0.2) is 0 Å². The Morgan fingerprint density at radius 2 is 1.70 bits per heavy atom. The maximum Gasteiger partial charge on any atom is 0.335 e. The van der Waals surface area contributed by atoms with Crippen molar-refractivity contribution in [2.24, 2.45) is 5.73 Å². The molecule has 2 amide bonds. The number of nitro benzene ring substituents is 1. The molecule has 0 saturated carbocycles. The fraction of sp³-hybridized carbons (Fsp3) is 0.333. The third-order valence-corrected chi connectivity index (χ3v) is 6.60. The Hall–Kier alpha value is -3.14. The minimum Gasteiger partial charge on any atom is -0.368 e. The van der Waals surface area contributed by atoms with Gasteiger partial charge in [0.25, 0.3) is 5.91 Å². The standard InChI is InChI=1S/C21H25FN3O7P/c1-3-31-33(30,32-4-2)13-14-5-8-16(9-6-14)21(27)24-18(20(23)26)11-15-7-10-17(22)19(12-15)25(28)29/h5-10,12,18H,3-4,11,13H2,1-2H3,(H2,23,26)(H,24,27)/t18-/m0/s1. The third kappa shape index (κ3) is 7.45. The average molecular weight is 481 g/mol. The van der Waals surface area contributed by atoms with Crippen LogP contribution in [-0.2, 0) is 31.0 Å². The van der Waals surface area contributed by atoms with Gasteiger partial charge in [0.05, 0.1) is 24.3 Å². The smallest absolute Gasteiger partial charge is 0.335 e. The lowest BCUT2D eigenvalue weighted by atomic mass is 10.0. The summed E-state index contributed by atoms with van der Waals surface area (Å²) in [7, 11) is -3.31. The van der Waals surface area contributed by atoms with Crippen LogP contribution in [-0.4, -0.2) is 36.0 Å². The van der Waals surface area contributed by atoms with Gasteiger partial charge in [0, 0.05) is 18.1 Å². The molecule has 0 aliphatic heterocycles. The molecule has 0 fully saturated rings. The number of carbonyl (C=O) groups excluding carboxylic acids is 2. The van der Waals surface area contributed by atoms with E-state index in [1.807, 2.05) is 0 Å². The van der Waals surface area contributed by atoms with E-state index in [1.165, 1.54) is 18.2 Å². The van der Waals surface area contributed by atoms with E-state index in [-0.39, 0.29) is 36.9 Å². The predicted molar refractivity (Wildman–Crippen MR) is 118 cm³/mol. The van der Waals surface area contributed by atoms with Crippen molar-refractivity contribution in [2.75, 3.05) is 13.2 Å². The van der Waals surface area contributed by atoms with Crippen molar-refractivity contribution in [2.45, 2.75) is 32.5 Å². The van der Waals surface area contributed by atoms with Gasteiger partial charge in [-0.1, -0.05) is 18.2 Å². The van der Waals surface area contributed by atoms with E-state index < -0.39 is 41.9 Å². The van der Waals surface area contributed by atoms with Crippen molar-refractivity contribution in [3.8, 4) is 0 Å². The molecule has 1 atom stereocenters. The molecule has 0 bridgehead atoms. The Morgan fingerprint density at radius 1 is 1.12 bits per heavy atom. The van der Waals surface area contributed by atoms with E-state index >= 15 is 0 Å². The minimum atomic E-state index is -3.31. The molecule has 2 aromatic carbocycles. The topological polar surface area (TPSA) is 151 Å². The summed E-state index contributed by atoms with van der Waals surface area (Å²) in [6.45, 7) is 3.86. The van der Waals surface area contributed by atoms with Gasteiger partial charge in [-0.25, -0.2) is 0 Å². The number of carbonyl (C=O) groups is 2. The number of nitrogens with two attached hydrogens (primary N) is 1. The van der Waals surface area contributed by atoms with Crippen molar-refractivity contribution in [1.82, 2.24) is 5.32 Å². The highest BCUT2D eigenvalue weighted by atomic mass is 31.2. The summed E-state index contributed by atoms with van der Waals surface area (Å²) in [5.74, 6) is -2.48. The van der Waals surface area contributed by atoms with Crippen molar-refractivity contribution in [1.29, 1.82) is 0 Å². The number of nitrogens with one attached hydrogen (secondary N) is 1. The summed E-state index contributed by atoms with van der Waals surface area (Å²) in [6, 6.07) is 8.12. The lowest BCUT2D eigenvalue weighted by Gasteiger charge is -2.17. The van der Waals surface area contributed by atoms with Crippen molar-refractivity contribution < 1.29 is 32.5 Å². The lowest BCUT2D eigenvalue weighted by molar-refractivity contribution is -0.387. The quantitative estimate of drug-likeness (QED) is 0.268. The third-order valence-electron chi connectivity index (χ3n) is 4.54. The molecule has 178 valence electrons. The highest BCUT2D eigenvalue weighted by Gasteiger charge is 2.25. The number of benzene rings is 2. The van der Waals surface area contributed by atoms with Crippen LogP contribution in [0.3, 0.4) is 0 Å². The highest BCUT2D eigenvalue weighted by Crippen LogP contribution is 2.51. The summed E-state index contributed by atoms with van der Waals surface area (Å²) in [4.78, 5) is 34.5. The fourth-order valence-corrected chi connectivity index (χ4v) is 4.73. The molecule has 3 N–H and O–H groups in total. The van der Waals surface area contributed by atoms with Gasteiger partial charge in [-0.05, 0) is 43.2 Å². The van der Waals surface area contributed by atoms with Gasteiger partial charge in [0.1, 0.15) is 6.04 Å². The number of hydrogen-bond acceptors (Lipinski definition) is 7. The molecule has 33 heavy (non-hydrogen) atoms. The summed E-state index contributed by atoms with van der Waals surface area (Å²) in [5.41, 5.74) is 5.71. The van der Waals surface area contributed by atoms with Crippen LogP contribution in [0.15, 0.2) is 42.5 Å². The highest BCUT2D eigenvalue weighted by molar-refractivity contribution is 7.53. The van der Waals surface area contributed by atoms with Gasteiger partial charge >= 0.3 is 13.3 Å². The maximum atomic E-state index is 13.5. The molecule has 0 aromatic heterocycles. The largest absolute Gasteiger partial charge is 0.368 e. The molecule has 12 heteroatoms. The monoisotopic (exact) mass is 481 g/mol. The van der Waals surface area contributed by atoms with Crippen LogP contribution >= 0.6 is 7.60 Å². The zero-order valence-electron chi connectivity index (χ0n) is 18.2. The molecule has 10 nitrogen and oxygen atoms in total. The molecule has 0 radical (unpaired) electrons. The lowest BCUT2D eigenvalue weighted by Crippen LogP contribution is -2.45. The summed E-state index contributed by atoms with van der Waals surface area (Å²) in [6.07, 6.45) is -0.129. The molecule has 0 spiro atoms. The first-order valence-electron chi connectivity index (χ1n) is 10.1. The molecule has 0 unspecified atom stereocenters. The zero-order valence-corrected chi connectivity index (χ0v) is 19.0. The van der Waals surface area contributed by atoms with Crippen molar-refractivity contribution in [3.63, 3.8) is 0 Å². The molecular formula is C21H25FN3O7P. The molecule has 2 aromatic rings. The van der Waals surface area contributed by atoms with E-state index in [0.717, 1.165) is 12.1 Å². The summed E-state index contributed by atoms with van der Waals surface area (Å²) < 4.78 is 36.7. The van der Waals surface area contributed by atoms with Crippen LogP contribution in [0.4, 0.5) is 10.1 Å². The van der Waals surface area contributed by atoms with E-state index in [4.69, 9.17) is 14.8 Å². The van der Waals surface area contributed by atoms with Crippen molar-refractivity contribution in [3.05, 3.63) is 75.1 Å². The fourth-order valence-electron chi connectivity index (χ4n) is 3.03. The molecular weight excluding hydrogens is 456 g/mol. The number of amides is 2. The Bertz CT molecular complexity index is 1050. The Labute approximate surface area is 189 Å². The normalized spacial score (nSPS) is 12.2. The van der Waals surface area contributed by atoms with E-state index in [9.17, 15) is 28.7 Å². The number of rotatable bonds is 12. The Kier molecular flexibility index (Phi) is 9.22. The second-order valence-electron chi connectivity index (χ2n) is 6.98. The second kappa shape index (κ2) is 11.6. The van der Waals surface area contributed by atoms with Crippen LogP contribution in [0.25, 0.3) is 0 Å². The number of primary amides is 1. The first-order valence-corrected chi connectivity index (χ1v) is 11.8. The van der Waals surface area contributed by atoms with E-state index in [2.05, 4.69) is 5.32 Å². The number of nitro groups is 1. The van der Waals surface area contributed by atoms with Crippen molar-refractivity contribution >= 4 is 25.1 Å². The van der Waals surface area contributed by atoms with Gasteiger partial charge < -0.3 is 20.1 Å². The molecule has 0 aliphatic rings. The zero-order chi connectivity index (χ0) is 24.6. The second-order valence-corrected chi connectivity index (χ2v) is 9.03. The van der Waals surface area contributed by atoms with Crippen LogP contribution in [0.1, 0.15) is 35.3 Å². The molecule has 2 rings (SSSR count). The van der Waals surface area contributed by atoms with Gasteiger partial charge in [-0.2, -0.15) is 4.39 Å². The van der Waals surface area contributed by atoms with Crippen LogP contribution < -0.4 is 11.1 Å². The first-order chi connectivity index (χ1) is 15.6. The van der Waals surface area contributed by atoms with E-state index in [0.29, 0.717) is 5.56 Å². The minimum absolute atomic E-state index is 0.0316. The number of halogens is 1. The summed E-state index contributed by atoms with van der Waals surface area (Å²) in [5, 5.41) is 13.4. The number of nitrogens with zero attached hydrogens (tertiary/aromatic N) is 1. The Balaban J connectivity index is 2.11. The van der Waals surface area contributed by atoms with Crippen LogP contribution in [0.2, 0.25) is 0 Å².